The van der Waals surface area contributed by atoms with E-state index in [-0.39, 0.29) is 16.2 Å². The second kappa shape index (κ2) is 3.48. The van der Waals surface area contributed by atoms with E-state index in [9.17, 15) is 9.90 Å². The fourth-order valence-corrected chi connectivity index (χ4v) is 1.66. The summed E-state index contributed by atoms with van der Waals surface area (Å²) in [6, 6.07) is 3.15. The average molecular weight is 218 g/mol. The summed E-state index contributed by atoms with van der Waals surface area (Å²) in [7, 11) is 0. The molecule has 1 aromatic heterocycles. The van der Waals surface area contributed by atoms with Crippen molar-refractivity contribution in [2.75, 3.05) is 0 Å². The highest BCUT2D eigenvalue weighted by Crippen LogP contribution is 2.39. The van der Waals surface area contributed by atoms with Crippen molar-refractivity contribution >= 4 is 18.6 Å². The Labute approximate surface area is 92.0 Å². The number of rotatable bonds is 2. The Balaban J connectivity index is 2.58. The normalized spacial score (nSPS) is 14.6. The molecule has 1 fully saturated rings. The third kappa shape index (κ3) is 1.76. The number of carboxylic acids is 1. The van der Waals surface area contributed by atoms with Crippen molar-refractivity contribution in [2.24, 2.45) is 0 Å². The zero-order valence-corrected chi connectivity index (χ0v) is 8.50. The lowest BCUT2D eigenvalue weighted by molar-refractivity contribution is -0.255. The maximum atomic E-state index is 10.8. The SMILES string of the molecule is N#Cc1c(C(=O)[O-])cc(C2CC2)nc1[S-]. The molecule has 2 rings (SSSR count). The van der Waals surface area contributed by atoms with Gasteiger partial charge in [0, 0.05) is 17.2 Å². The predicted molar refractivity (Wildman–Crippen MR) is 50.9 cm³/mol. The van der Waals surface area contributed by atoms with Crippen LogP contribution in [0.2, 0.25) is 0 Å². The number of carbonyl (C=O) groups excluding carboxylic acids is 1. The Hall–Kier alpha value is -1.67. The van der Waals surface area contributed by atoms with Gasteiger partial charge in [0.15, 0.2) is 0 Å². The van der Waals surface area contributed by atoms with Crippen molar-refractivity contribution in [1.29, 1.82) is 5.26 Å². The summed E-state index contributed by atoms with van der Waals surface area (Å²) < 4.78 is 0. The van der Waals surface area contributed by atoms with Gasteiger partial charge in [0.05, 0.1) is 17.6 Å². The van der Waals surface area contributed by atoms with E-state index < -0.39 is 5.97 Å². The summed E-state index contributed by atoms with van der Waals surface area (Å²) in [4.78, 5) is 14.8. The van der Waals surface area contributed by atoms with Crippen LogP contribution in [-0.4, -0.2) is 11.0 Å². The Bertz CT molecular complexity index is 475. The molecule has 0 amide bonds. The van der Waals surface area contributed by atoms with Crippen LogP contribution in [0.3, 0.4) is 0 Å². The number of pyridine rings is 1. The van der Waals surface area contributed by atoms with Crippen LogP contribution >= 0.6 is 0 Å². The average Bonchev–Trinajstić information content (AvgIpc) is 2.99. The lowest BCUT2D eigenvalue weighted by Crippen LogP contribution is -2.24. The zero-order chi connectivity index (χ0) is 11.0. The van der Waals surface area contributed by atoms with Gasteiger partial charge in [-0.2, -0.15) is 5.26 Å². The van der Waals surface area contributed by atoms with E-state index in [1.54, 1.807) is 6.07 Å². The number of carboxylic acid groups (broad SMARTS) is 1. The van der Waals surface area contributed by atoms with Crippen molar-refractivity contribution in [1.82, 2.24) is 4.98 Å². The van der Waals surface area contributed by atoms with Crippen LogP contribution in [0.5, 0.6) is 0 Å². The molecule has 0 saturated heterocycles. The monoisotopic (exact) mass is 218 g/mol. The van der Waals surface area contributed by atoms with E-state index in [0.717, 1.165) is 12.8 Å². The molecular weight excluding hydrogens is 212 g/mol. The van der Waals surface area contributed by atoms with Crippen molar-refractivity contribution in [3.05, 3.63) is 22.9 Å². The minimum absolute atomic E-state index is 0.0566. The van der Waals surface area contributed by atoms with Gasteiger partial charge < -0.3 is 22.5 Å². The molecule has 0 radical (unpaired) electrons. The lowest BCUT2D eigenvalue weighted by atomic mass is 10.1. The second-order valence-electron chi connectivity index (χ2n) is 3.45. The third-order valence-electron chi connectivity index (χ3n) is 2.33. The zero-order valence-electron chi connectivity index (χ0n) is 7.69. The van der Waals surface area contributed by atoms with E-state index in [1.165, 1.54) is 6.07 Å². The summed E-state index contributed by atoms with van der Waals surface area (Å²) in [5.41, 5.74) is 0.451. The highest BCUT2D eigenvalue weighted by molar-refractivity contribution is 7.58. The smallest absolute Gasteiger partial charge is 0.0998 e. The summed E-state index contributed by atoms with van der Waals surface area (Å²) in [6.45, 7) is 0. The number of nitriles is 1. The Morgan fingerprint density at radius 1 is 1.67 bits per heavy atom. The van der Waals surface area contributed by atoms with Gasteiger partial charge in [-0.25, -0.2) is 0 Å². The number of aromatic carboxylic acids is 1. The van der Waals surface area contributed by atoms with Gasteiger partial charge in [-0.3, -0.25) is 4.98 Å². The maximum absolute atomic E-state index is 10.8. The van der Waals surface area contributed by atoms with Gasteiger partial charge in [-0.05, 0) is 18.9 Å². The topological polar surface area (TPSA) is 76.8 Å². The molecule has 4 nitrogen and oxygen atoms in total. The number of hydrogen-bond donors (Lipinski definition) is 0. The van der Waals surface area contributed by atoms with Crippen molar-refractivity contribution in [3.63, 3.8) is 0 Å². The molecule has 5 heteroatoms. The summed E-state index contributed by atoms with van der Waals surface area (Å²) in [6.07, 6.45) is 2.00. The van der Waals surface area contributed by atoms with Crippen LogP contribution in [0.15, 0.2) is 11.1 Å². The van der Waals surface area contributed by atoms with Gasteiger partial charge in [-0.15, -0.1) is 0 Å². The fraction of sp³-hybridized carbons (Fsp3) is 0.300. The molecule has 1 saturated carbocycles. The number of carbonyl (C=O) groups is 1. The molecule has 1 aliphatic rings. The van der Waals surface area contributed by atoms with Crippen molar-refractivity contribution < 1.29 is 9.90 Å². The Kier molecular flexibility index (Phi) is 2.29. The van der Waals surface area contributed by atoms with Crippen LogP contribution in [0.1, 0.15) is 40.4 Å². The third-order valence-corrected chi connectivity index (χ3v) is 2.63. The molecule has 0 N–H and O–H groups in total. The Morgan fingerprint density at radius 3 is 2.80 bits per heavy atom. The van der Waals surface area contributed by atoms with E-state index in [0.29, 0.717) is 11.6 Å². The second-order valence-corrected chi connectivity index (χ2v) is 3.84. The first-order chi connectivity index (χ1) is 7.13. The lowest BCUT2D eigenvalue weighted by Gasteiger charge is -2.15. The molecule has 1 aromatic rings. The van der Waals surface area contributed by atoms with E-state index in [2.05, 4.69) is 4.98 Å². The summed E-state index contributed by atoms with van der Waals surface area (Å²) in [5.74, 6) is -1.07. The number of nitrogens with zero attached hydrogens (tertiary/aromatic N) is 2. The molecule has 1 aliphatic carbocycles. The highest BCUT2D eigenvalue weighted by Gasteiger charge is 2.25. The largest absolute Gasteiger partial charge is 0.759 e. The van der Waals surface area contributed by atoms with Crippen molar-refractivity contribution in [2.45, 2.75) is 23.8 Å². The molecule has 1 heterocycles. The van der Waals surface area contributed by atoms with Crippen LogP contribution in [0.25, 0.3) is 0 Å². The predicted octanol–water partition coefficient (Wildman–Crippen LogP) is 0.1000. The maximum Gasteiger partial charge on any atom is 0.0998 e. The molecule has 76 valence electrons. The van der Waals surface area contributed by atoms with Gasteiger partial charge in [0.2, 0.25) is 0 Å². The minimum atomic E-state index is -1.37. The number of aromatic nitrogens is 1. The molecule has 15 heavy (non-hydrogen) atoms. The highest BCUT2D eigenvalue weighted by atomic mass is 32.1. The molecule has 0 aromatic carbocycles. The molecule has 0 spiro atoms. The van der Waals surface area contributed by atoms with Gasteiger partial charge in [0.25, 0.3) is 0 Å². The van der Waals surface area contributed by atoms with Gasteiger partial charge >= 0.3 is 0 Å². The fourth-order valence-electron chi connectivity index (χ4n) is 1.40. The molecule has 0 bridgehead atoms. The first-order valence-electron chi connectivity index (χ1n) is 4.47. The van der Waals surface area contributed by atoms with Crippen LogP contribution in [0.4, 0.5) is 0 Å². The van der Waals surface area contributed by atoms with Gasteiger partial charge in [0.1, 0.15) is 0 Å². The number of hydrogen-bond acceptors (Lipinski definition) is 5. The van der Waals surface area contributed by atoms with Crippen LogP contribution in [-0.2, 0) is 12.6 Å². The first kappa shape index (κ1) is 9.87. The van der Waals surface area contributed by atoms with E-state index >= 15 is 0 Å². The first-order valence-corrected chi connectivity index (χ1v) is 4.87. The minimum Gasteiger partial charge on any atom is -0.759 e. The Morgan fingerprint density at radius 2 is 2.33 bits per heavy atom. The molecule has 0 aliphatic heterocycles. The van der Waals surface area contributed by atoms with E-state index in [1.807, 2.05) is 0 Å². The molecular formula is C10H6N2O2S-2. The van der Waals surface area contributed by atoms with Crippen LogP contribution < -0.4 is 5.11 Å². The van der Waals surface area contributed by atoms with E-state index in [4.69, 9.17) is 17.9 Å². The summed E-state index contributed by atoms with van der Waals surface area (Å²) >= 11 is 4.87. The van der Waals surface area contributed by atoms with Gasteiger partial charge in [-0.1, -0.05) is 5.03 Å². The summed E-state index contributed by atoms with van der Waals surface area (Å²) in [5, 5.41) is 19.6. The molecule has 0 unspecified atom stereocenters. The molecule has 0 atom stereocenters. The van der Waals surface area contributed by atoms with Crippen molar-refractivity contribution in [3.8, 4) is 6.07 Å². The quantitative estimate of drug-likeness (QED) is 0.658. The standard InChI is InChI=1S/C10H8N2O2S/c11-4-7-6(10(13)14)3-8(5-1-2-5)12-9(7)15/h3,5H,1-2H2,(H,12,15)(H,13,14)/p-2. The van der Waals surface area contributed by atoms with Crippen LogP contribution in [0, 0.1) is 11.3 Å².